The minimum atomic E-state index is -0.0757. The first kappa shape index (κ1) is 17.3. The Morgan fingerprint density at radius 3 is 2.52 bits per heavy atom. The number of aromatic nitrogens is 2. The minimum Gasteiger partial charge on any atom is -0.436 e. The molecule has 0 spiro atoms. The summed E-state index contributed by atoms with van der Waals surface area (Å²) in [6, 6.07) is 15.7. The monoisotopic (exact) mass is 361 g/mol. The van der Waals surface area contributed by atoms with E-state index in [4.69, 9.17) is 4.42 Å². The highest BCUT2D eigenvalue weighted by atomic mass is 16.3. The molecule has 27 heavy (non-hydrogen) atoms. The lowest BCUT2D eigenvalue weighted by molar-refractivity contribution is 0.616. The lowest BCUT2D eigenvalue weighted by Crippen LogP contribution is -2.24. The van der Waals surface area contributed by atoms with E-state index in [1.54, 1.807) is 4.57 Å². The summed E-state index contributed by atoms with van der Waals surface area (Å²) in [6.45, 7) is 8.71. The largest absolute Gasteiger partial charge is 0.436 e. The summed E-state index contributed by atoms with van der Waals surface area (Å²) < 4.78 is 7.65. The van der Waals surface area contributed by atoms with Crippen LogP contribution in [0, 0.1) is 0 Å². The van der Waals surface area contributed by atoms with Crippen molar-refractivity contribution in [1.82, 2.24) is 9.55 Å². The summed E-state index contributed by atoms with van der Waals surface area (Å²) in [5, 5.41) is 1.00. The molecule has 2 aromatic heterocycles. The van der Waals surface area contributed by atoms with Crippen LogP contribution in [0.2, 0.25) is 0 Å². The Morgan fingerprint density at radius 2 is 1.81 bits per heavy atom. The molecular formula is C22H23N3O2. The minimum absolute atomic E-state index is 0.0757. The first-order valence-corrected chi connectivity index (χ1v) is 9.44. The first-order chi connectivity index (χ1) is 13.2. The Morgan fingerprint density at radius 1 is 1.04 bits per heavy atom. The van der Waals surface area contributed by atoms with Gasteiger partial charge in [0.05, 0.1) is 5.52 Å². The highest BCUT2D eigenvalue weighted by molar-refractivity contribution is 5.87. The van der Waals surface area contributed by atoms with Crippen molar-refractivity contribution >= 4 is 27.7 Å². The fourth-order valence-corrected chi connectivity index (χ4v) is 3.60. The second kappa shape index (κ2) is 6.91. The number of para-hydroxylation sites is 2. The van der Waals surface area contributed by atoms with Crippen molar-refractivity contribution < 1.29 is 4.42 Å². The van der Waals surface area contributed by atoms with E-state index in [2.05, 4.69) is 41.9 Å². The fourth-order valence-electron chi connectivity index (χ4n) is 3.60. The Balaban J connectivity index is 1.94. The zero-order chi connectivity index (χ0) is 19.0. The average molecular weight is 361 g/mol. The summed E-state index contributed by atoms with van der Waals surface area (Å²) in [5.74, 6) is 0.373. The Labute approximate surface area is 157 Å². The molecule has 0 fully saturated rings. The molecule has 0 saturated carbocycles. The standard InChI is InChI=1S/C22H23N3O2/c1-4-24(5-2)16-12-11-15-13-17(22(26)25(6-3)19(15)14-16)21-23-18-9-7-8-10-20(18)27-21/h7-14H,4-6H2,1-3H3. The molecule has 0 bridgehead atoms. The number of oxazole rings is 1. The zero-order valence-corrected chi connectivity index (χ0v) is 15.9. The predicted octanol–water partition coefficient (Wildman–Crippen LogP) is 4.68. The number of anilines is 1. The van der Waals surface area contributed by atoms with Crippen LogP contribution in [0.1, 0.15) is 20.8 Å². The first-order valence-electron chi connectivity index (χ1n) is 9.44. The molecule has 0 atom stereocenters. The molecule has 0 aliphatic rings. The summed E-state index contributed by atoms with van der Waals surface area (Å²) >= 11 is 0. The van der Waals surface area contributed by atoms with Crippen LogP contribution in [-0.4, -0.2) is 22.6 Å². The number of hydrogen-bond donors (Lipinski definition) is 0. The molecule has 5 heteroatoms. The van der Waals surface area contributed by atoms with Crippen LogP contribution in [0.4, 0.5) is 5.69 Å². The van der Waals surface area contributed by atoms with Crippen LogP contribution in [0.25, 0.3) is 33.5 Å². The van der Waals surface area contributed by atoms with E-state index in [-0.39, 0.29) is 5.56 Å². The predicted molar refractivity (Wildman–Crippen MR) is 110 cm³/mol. The van der Waals surface area contributed by atoms with E-state index in [1.165, 1.54) is 0 Å². The van der Waals surface area contributed by atoms with Gasteiger partial charge in [0.1, 0.15) is 11.1 Å². The lowest BCUT2D eigenvalue weighted by atomic mass is 10.1. The van der Waals surface area contributed by atoms with Gasteiger partial charge in [-0.25, -0.2) is 4.98 Å². The number of hydrogen-bond acceptors (Lipinski definition) is 4. The molecular weight excluding hydrogens is 338 g/mol. The summed E-state index contributed by atoms with van der Waals surface area (Å²) in [6.07, 6.45) is 0. The van der Waals surface area contributed by atoms with Crippen LogP contribution in [0.5, 0.6) is 0 Å². The highest BCUT2D eigenvalue weighted by Crippen LogP contribution is 2.27. The molecule has 0 N–H and O–H groups in total. The summed E-state index contributed by atoms with van der Waals surface area (Å²) in [5.41, 5.74) is 3.93. The third kappa shape index (κ3) is 2.89. The molecule has 0 amide bonds. The molecule has 0 unspecified atom stereocenters. The SMILES string of the molecule is CCN(CC)c1ccc2cc(-c3nc4ccccc4o3)c(=O)n(CC)c2c1. The van der Waals surface area contributed by atoms with Gasteiger partial charge in [-0.15, -0.1) is 0 Å². The maximum atomic E-state index is 13.2. The maximum Gasteiger partial charge on any atom is 0.263 e. The number of aryl methyl sites for hydroxylation is 1. The molecule has 5 nitrogen and oxygen atoms in total. The van der Waals surface area contributed by atoms with E-state index in [9.17, 15) is 4.79 Å². The third-order valence-corrected chi connectivity index (χ3v) is 5.05. The molecule has 0 saturated heterocycles. The molecule has 138 valence electrons. The van der Waals surface area contributed by atoms with Gasteiger partial charge in [-0.3, -0.25) is 4.79 Å². The zero-order valence-electron chi connectivity index (χ0n) is 15.9. The maximum absolute atomic E-state index is 13.2. The van der Waals surface area contributed by atoms with Crippen LogP contribution in [0.3, 0.4) is 0 Å². The molecule has 0 radical (unpaired) electrons. The van der Waals surface area contributed by atoms with E-state index in [0.717, 1.165) is 35.2 Å². The second-order valence-corrected chi connectivity index (χ2v) is 6.51. The van der Waals surface area contributed by atoms with E-state index in [1.807, 2.05) is 37.3 Å². The van der Waals surface area contributed by atoms with Crippen molar-refractivity contribution in [1.29, 1.82) is 0 Å². The fraction of sp³-hybridized carbons (Fsp3) is 0.273. The van der Waals surface area contributed by atoms with Crippen molar-refractivity contribution in [2.75, 3.05) is 18.0 Å². The van der Waals surface area contributed by atoms with Crippen LogP contribution in [0.15, 0.2) is 57.7 Å². The van der Waals surface area contributed by atoms with Crippen molar-refractivity contribution in [3.8, 4) is 11.5 Å². The lowest BCUT2D eigenvalue weighted by Gasteiger charge is -2.22. The summed E-state index contributed by atoms with van der Waals surface area (Å²) in [4.78, 5) is 19.9. The molecule has 2 heterocycles. The van der Waals surface area contributed by atoms with E-state index in [0.29, 0.717) is 23.6 Å². The van der Waals surface area contributed by atoms with Crippen molar-refractivity contribution in [3.05, 3.63) is 58.9 Å². The van der Waals surface area contributed by atoms with Gasteiger partial charge in [-0.05, 0) is 56.5 Å². The molecule has 0 aliphatic carbocycles. The summed E-state index contributed by atoms with van der Waals surface area (Å²) in [7, 11) is 0. The number of fused-ring (bicyclic) bond motifs is 2. The van der Waals surface area contributed by atoms with Crippen molar-refractivity contribution in [3.63, 3.8) is 0 Å². The van der Waals surface area contributed by atoms with Gasteiger partial charge in [-0.2, -0.15) is 0 Å². The molecule has 4 aromatic rings. The second-order valence-electron chi connectivity index (χ2n) is 6.51. The highest BCUT2D eigenvalue weighted by Gasteiger charge is 2.16. The van der Waals surface area contributed by atoms with Gasteiger partial charge >= 0.3 is 0 Å². The number of rotatable bonds is 5. The Kier molecular flexibility index (Phi) is 4.44. The van der Waals surface area contributed by atoms with Crippen molar-refractivity contribution in [2.24, 2.45) is 0 Å². The van der Waals surface area contributed by atoms with Gasteiger partial charge in [0, 0.05) is 25.3 Å². The van der Waals surface area contributed by atoms with Gasteiger partial charge in [0.15, 0.2) is 5.58 Å². The Bertz CT molecular complexity index is 1140. The van der Waals surface area contributed by atoms with Gasteiger partial charge in [0.2, 0.25) is 5.89 Å². The average Bonchev–Trinajstić information content (AvgIpc) is 3.12. The van der Waals surface area contributed by atoms with Crippen LogP contribution < -0.4 is 10.5 Å². The van der Waals surface area contributed by atoms with Gasteiger partial charge < -0.3 is 13.9 Å². The normalized spacial score (nSPS) is 11.4. The molecule has 4 rings (SSSR count). The van der Waals surface area contributed by atoms with E-state index >= 15 is 0 Å². The Hall–Kier alpha value is -3.08. The number of pyridine rings is 1. The number of benzene rings is 2. The van der Waals surface area contributed by atoms with Crippen LogP contribution >= 0.6 is 0 Å². The number of nitrogens with zero attached hydrogens (tertiary/aromatic N) is 3. The topological polar surface area (TPSA) is 51.3 Å². The van der Waals surface area contributed by atoms with Crippen LogP contribution in [-0.2, 0) is 6.54 Å². The van der Waals surface area contributed by atoms with E-state index < -0.39 is 0 Å². The van der Waals surface area contributed by atoms with Gasteiger partial charge in [0.25, 0.3) is 5.56 Å². The quantitative estimate of drug-likeness (QED) is 0.518. The van der Waals surface area contributed by atoms with Gasteiger partial charge in [-0.1, -0.05) is 18.2 Å². The third-order valence-electron chi connectivity index (χ3n) is 5.05. The molecule has 0 aliphatic heterocycles. The smallest absolute Gasteiger partial charge is 0.263 e. The van der Waals surface area contributed by atoms with Crippen molar-refractivity contribution in [2.45, 2.75) is 27.3 Å². The molecule has 2 aromatic carbocycles.